The number of hydrogen-bond acceptors (Lipinski definition) is 1. The summed E-state index contributed by atoms with van der Waals surface area (Å²) >= 11 is 0. The highest BCUT2D eigenvalue weighted by atomic mass is 19.1. The van der Waals surface area contributed by atoms with Gasteiger partial charge in [0.05, 0.1) is 0 Å². The number of rotatable bonds is 3. The monoisotopic (exact) mass is 315 g/mol. The van der Waals surface area contributed by atoms with Gasteiger partial charge < -0.3 is 4.90 Å². The molecule has 2 aliphatic carbocycles. The van der Waals surface area contributed by atoms with Crippen LogP contribution in [-0.4, -0.2) is 17.4 Å². The van der Waals surface area contributed by atoms with Gasteiger partial charge in [0.1, 0.15) is 5.82 Å². The molecule has 4 rings (SSSR count). The summed E-state index contributed by atoms with van der Waals surface area (Å²) in [5.41, 5.74) is 1.16. The van der Waals surface area contributed by atoms with Gasteiger partial charge in [-0.2, -0.15) is 0 Å². The average Bonchev–Trinajstić information content (AvgIpc) is 2.91. The summed E-state index contributed by atoms with van der Waals surface area (Å²) in [6.07, 6.45) is 10.9. The summed E-state index contributed by atoms with van der Waals surface area (Å²) < 4.78 is 13.8. The summed E-state index contributed by atoms with van der Waals surface area (Å²) in [5.74, 6) is 2.46. The number of fused-ring (bicyclic) bond motifs is 2. The molecular weight excluding hydrogens is 289 g/mol. The van der Waals surface area contributed by atoms with Crippen molar-refractivity contribution in [3.8, 4) is 0 Å². The molecule has 3 aliphatic rings. The molecule has 0 radical (unpaired) electrons. The van der Waals surface area contributed by atoms with Crippen LogP contribution in [0.15, 0.2) is 18.2 Å². The van der Waals surface area contributed by atoms with E-state index in [1.165, 1.54) is 51.0 Å². The fourth-order valence-corrected chi connectivity index (χ4v) is 5.10. The third-order valence-corrected chi connectivity index (χ3v) is 6.44. The van der Waals surface area contributed by atoms with Gasteiger partial charge in [0.15, 0.2) is 0 Å². The topological polar surface area (TPSA) is 20.3 Å². The summed E-state index contributed by atoms with van der Waals surface area (Å²) in [4.78, 5) is 14.3. The Morgan fingerprint density at radius 2 is 1.91 bits per heavy atom. The van der Waals surface area contributed by atoms with Crippen molar-refractivity contribution in [2.24, 2.45) is 17.8 Å². The van der Waals surface area contributed by atoms with Crippen LogP contribution in [-0.2, 0) is 6.54 Å². The van der Waals surface area contributed by atoms with Gasteiger partial charge in [-0.15, -0.1) is 0 Å². The highest BCUT2D eigenvalue weighted by molar-refractivity contribution is 5.98. The van der Waals surface area contributed by atoms with Gasteiger partial charge in [0.2, 0.25) is 0 Å². The van der Waals surface area contributed by atoms with E-state index in [9.17, 15) is 9.18 Å². The van der Waals surface area contributed by atoms with Gasteiger partial charge in [-0.1, -0.05) is 38.2 Å². The maximum Gasteiger partial charge on any atom is 0.254 e. The number of benzene rings is 1. The van der Waals surface area contributed by atoms with Crippen molar-refractivity contribution >= 4 is 5.91 Å². The Kier molecular flexibility index (Phi) is 4.13. The van der Waals surface area contributed by atoms with E-state index in [2.05, 4.69) is 0 Å². The Labute approximate surface area is 138 Å². The van der Waals surface area contributed by atoms with Crippen LogP contribution in [0.25, 0.3) is 0 Å². The van der Waals surface area contributed by atoms with Crippen molar-refractivity contribution < 1.29 is 9.18 Å². The zero-order chi connectivity index (χ0) is 15.8. The molecule has 2 saturated carbocycles. The zero-order valence-corrected chi connectivity index (χ0v) is 13.8. The lowest BCUT2D eigenvalue weighted by Gasteiger charge is -2.39. The molecule has 124 valence electrons. The van der Waals surface area contributed by atoms with Crippen molar-refractivity contribution in [1.82, 2.24) is 4.90 Å². The SMILES string of the molecule is O=C1c2cccc(F)c2CN1CCC1CCC2CCCCC2C1. The number of nitrogens with zero attached hydrogens (tertiary/aromatic N) is 1. The third kappa shape index (κ3) is 2.90. The molecule has 3 unspecified atom stereocenters. The first-order chi connectivity index (χ1) is 11.2. The number of halogens is 1. The molecular formula is C20H26FNO. The molecule has 1 aliphatic heterocycles. The van der Waals surface area contributed by atoms with Crippen LogP contribution in [0.3, 0.4) is 0 Å². The van der Waals surface area contributed by atoms with Crippen LogP contribution >= 0.6 is 0 Å². The van der Waals surface area contributed by atoms with Gasteiger partial charge in [0, 0.05) is 24.2 Å². The third-order valence-electron chi connectivity index (χ3n) is 6.44. The van der Waals surface area contributed by atoms with Gasteiger partial charge in [-0.25, -0.2) is 4.39 Å². The Morgan fingerprint density at radius 3 is 2.74 bits per heavy atom. The van der Waals surface area contributed by atoms with Gasteiger partial charge in [0.25, 0.3) is 5.91 Å². The van der Waals surface area contributed by atoms with Gasteiger partial charge in [-0.3, -0.25) is 4.79 Å². The Hall–Kier alpha value is -1.38. The number of carbonyl (C=O) groups is 1. The molecule has 0 spiro atoms. The highest BCUT2D eigenvalue weighted by Crippen LogP contribution is 2.43. The summed E-state index contributed by atoms with van der Waals surface area (Å²) in [6, 6.07) is 4.86. The Balaban J connectivity index is 1.34. The fourth-order valence-electron chi connectivity index (χ4n) is 5.10. The predicted molar refractivity (Wildman–Crippen MR) is 88.5 cm³/mol. The molecule has 0 aromatic heterocycles. The molecule has 3 heteroatoms. The van der Waals surface area contributed by atoms with Crippen LogP contribution in [0, 0.1) is 23.6 Å². The van der Waals surface area contributed by atoms with Crippen molar-refractivity contribution in [2.75, 3.05) is 6.54 Å². The van der Waals surface area contributed by atoms with Gasteiger partial charge >= 0.3 is 0 Å². The van der Waals surface area contributed by atoms with E-state index in [0.717, 1.165) is 30.7 Å². The minimum Gasteiger partial charge on any atom is -0.334 e. The van der Waals surface area contributed by atoms with Crippen LogP contribution in [0.4, 0.5) is 4.39 Å². The van der Waals surface area contributed by atoms with E-state index in [1.54, 1.807) is 12.1 Å². The average molecular weight is 315 g/mol. The molecule has 1 heterocycles. The molecule has 1 aromatic rings. The van der Waals surface area contributed by atoms with Crippen molar-refractivity contribution in [3.63, 3.8) is 0 Å². The van der Waals surface area contributed by atoms with Crippen LogP contribution < -0.4 is 0 Å². The molecule has 23 heavy (non-hydrogen) atoms. The number of carbonyl (C=O) groups excluding carboxylic acids is 1. The van der Waals surface area contributed by atoms with E-state index in [0.29, 0.717) is 17.7 Å². The van der Waals surface area contributed by atoms with Crippen molar-refractivity contribution in [3.05, 3.63) is 35.1 Å². The fraction of sp³-hybridized carbons (Fsp3) is 0.650. The van der Waals surface area contributed by atoms with E-state index in [-0.39, 0.29) is 11.7 Å². The first kappa shape index (κ1) is 15.2. The zero-order valence-electron chi connectivity index (χ0n) is 13.8. The highest BCUT2D eigenvalue weighted by Gasteiger charge is 2.34. The maximum absolute atomic E-state index is 13.8. The molecule has 1 aromatic carbocycles. The van der Waals surface area contributed by atoms with Crippen molar-refractivity contribution in [2.45, 2.75) is 57.9 Å². The lowest BCUT2D eigenvalue weighted by Crippen LogP contribution is -2.31. The molecule has 1 amide bonds. The van der Waals surface area contributed by atoms with E-state index in [1.807, 2.05) is 4.90 Å². The van der Waals surface area contributed by atoms with Crippen molar-refractivity contribution in [1.29, 1.82) is 0 Å². The summed E-state index contributed by atoms with van der Waals surface area (Å²) in [6.45, 7) is 1.24. The first-order valence-corrected chi connectivity index (χ1v) is 9.29. The number of hydrogen-bond donors (Lipinski definition) is 0. The molecule has 2 fully saturated rings. The van der Waals surface area contributed by atoms with E-state index < -0.39 is 0 Å². The van der Waals surface area contributed by atoms with E-state index in [4.69, 9.17) is 0 Å². The second-order valence-electron chi connectivity index (χ2n) is 7.77. The van der Waals surface area contributed by atoms with Crippen LogP contribution in [0.5, 0.6) is 0 Å². The Morgan fingerprint density at radius 1 is 1.09 bits per heavy atom. The standard InChI is InChI=1S/C20H26FNO/c21-19-7-3-6-17-18(19)13-22(20(17)23)11-10-14-8-9-15-4-1-2-5-16(15)12-14/h3,6-7,14-16H,1-2,4-5,8-13H2. The normalized spacial score (nSPS) is 30.2. The summed E-state index contributed by atoms with van der Waals surface area (Å²) in [5, 5.41) is 0. The first-order valence-electron chi connectivity index (χ1n) is 9.29. The summed E-state index contributed by atoms with van der Waals surface area (Å²) in [7, 11) is 0. The molecule has 0 bridgehead atoms. The van der Waals surface area contributed by atoms with Crippen LogP contribution in [0.1, 0.15) is 67.3 Å². The Bertz CT molecular complexity index is 599. The molecule has 0 saturated heterocycles. The largest absolute Gasteiger partial charge is 0.334 e. The predicted octanol–water partition coefficient (Wildman–Crippen LogP) is 4.78. The van der Waals surface area contributed by atoms with Gasteiger partial charge in [-0.05, 0) is 49.1 Å². The molecule has 3 atom stereocenters. The second-order valence-corrected chi connectivity index (χ2v) is 7.77. The molecule has 2 nitrogen and oxygen atoms in total. The van der Waals surface area contributed by atoms with E-state index >= 15 is 0 Å². The minimum atomic E-state index is -0.235. The second kappa shape index (κ2) is 6.26. The van der Waals surface area contributed by atoms with Crippen LogP contribution in [0.2, 0.25) is 0 Å². The smallest absolute Gasteiger partial charge is 0.254 e. The lowest BCUT2D eigenvalue weighted by atomic mass is 9.67. The number of amides is 1. The molecule has 0 N–H and O–H groups in total. The lowest BCUT2D eigenvalue weighted by molar-refractivity contribution is 0.0742. The maximum atomic E-state index is 13.8. The minimum absolute atomic E-state index is 0.0193. The quantitative estimate of drug-likeness (QED) is 0.786.